The highest BCUT2D eigenvalue weighted by Crippen LogP contribution is 2.32. The van der Waals surface area contributed by atoms with Gasteiger partial charge in [-0.3, -0.25) is 9.69 Å². The first-order valence-electron chi connectivity index (χ1n) is 10.2. The van der Waals surface area contributed by atoms with Crippen molar-refractivity contribution in [1.82, 2.24) is 10.2 Å². The predicted molar refractivity (Wildman–Crippen MR) is 121 cm³/mol. The minimum Gasteiger partial charge on any atom is -0.351 e. The SMILES string of the molecule is CC(C)(C)C(CN1CCc2ccccc2C1)NC(=O)[C@@H]1CCC[C@@H]1CN.Cl.Cl. The van der Waals surface area contributed by atoms with Crippen molar-refractivity contribution in [3.05, 3.63) is 35.4 Å². The Bertz CT molecular complexity index is 632. The van der Waals surface area contributed by atoms with Gasteiger partial charge >= 0.3 is 0 Å². The third-order valence-electron chi connectivity index (χ3n) is 6.31. The van der Waals surface area contributed by atoms with Crippen molar-refractivity contribution in [2.75, 3.05) is 19.6 Å². The van der Waals surface area contributed by atoms with Crippen LogP contribution >= 0.6 is 24.8 Å². The summed E-state index contributed by atoms with van der Waals surface area (Å²) in [5, 5.41) is 3.40. The quantitative estimate of drug-likeness (QED) is 0.747. The number of benzene rings is 1. The molecule has 1 heterocycles. The molecule has 1 aromatic rings. The molecular weight excluding hydrogens is 393 g/mol. The van der Waals surface area contributed by atoms with E-state index in [1.807, 2.05) is 0 Å². The van der Waals surface area contributed by atoms with Crippen LogP contribution in [0.15, 0.2) is 24.3 Å². The molecule has 4 nitrogen and oxygen atoms in total. The Hall–Kier alpha value is -0.810. The average molecular weight is 430 g/mol. The van der Waals surface area contributed by atoms with E-state index in [9.17, 15) is 4.79 Å². The number of carbonyl (C=O) groups is 1. The van der Waals surface area contributed by atoms with E-state index in [2.05, 4.69) is 55.3 Å². The van der Waals surface area contributed by atoms with Crippen molar-refractivity contribution in [2.45, 2.75) is 59.0 Å². The Morgan fingerprint density at radius 3 is 2.54 bits per heavy atom. The van der Waals surface area contributed by atoms with Gasteiger partial charge in [-0.15, -0.1) is 24.8 Å². The fraction of sp³-hybridized carbons (Fsp3) is 0.682. The highest BCUT2D eigenvalue weighted by Gasteiger charge is 2.36. The molecule has 2 aliphatic rings. The van der Waals surface area contributed by atoms with Crippen molar-refractivity contribution in [3.63, 3.8) is 0 Å². The molecule has 1 amide bonds. The average Bonchev–Trinajstić information content (AvgIpc) is 3.09. The Kier molecular flexibility index (Phi) is 9.75. The highest BCUT2D eigenvalue weighted by molar-refractivity contribution is 5.85. The standard InChI is InChI=1S/C22H35N3O.2ClH/c1-22(2,3)20(24-21(26)19-10-6-9-17(19)13-23)15-25-12-11-16-7-4-5-8-18(16)14-25;;/h4-5,7-8,17,19-20H,6,9-15,23H2,1-3H3,(H,24,26);2*1H/t17-,19-,20?;;/m1../s1. The fourth-order valence-corrected chi connectivity index (χ4v) is 4.45. The van der Waals surface area contributed by atoms with Gasteiger partial charge in [0.05, 0.1) is 0 Å². The third-order valence-corrected chi connectivity index (χ3v) is 6.31. The topological polar surface area (TPSA) is 58.4 Å². The van der Waals surface area contributed by atoms with E-state index in [-0.39, 0.29) is 48.1 Å². The van der Waals surface area contributed by atoms with E-state index >= 15 is 0 Å². The lowest BCUT2D eigenvalue weighted by molar-refractivity contribution is -0.127. The maximum atomic E-state index is 12.9. The number of fused-ring (bicyclic) bond motifs is 1. The molecule has 6 heteroatoms. The largest absolute Gasteiger partial charge is 0.351 e. The van der Waals surface area contributed by atoms with Crippen LogP contribution in [-0.4, -0.2) is 36.5 Å². The monoisotopic (exact) mass is 429 g/mol. The molecule has 1 aliphatic heterocycles. The van der Waals surface area contributed by atoms with E-state index in [1.165, 1.54) is 11.1 Å². The van der Waals surface area contributed by atoms with Crippen LogP contribution in [0.25, 0.3) is 0 Å². The van der Waals surface area contributed by atoms with Crippen LogP contribution in [0.2, 0.25) is 0 Å². The maximum absolute atomic E-state index is 12.9. The van der Waals surface area contributed by atoms with Crippen LogP contribution in [0.4, 0.5) is 0 Å². The zero-order valence-corrected chi connectivity index (χ0v) is 19.1. The van der Waals surface area contributed by atoms with E-state index in [4.69, 9.17) is 5.73 Å². The number of nitrogens with zero attached hydrogens (tertiary/aromatic N) is 1. The molecule has 3 rings (SSSR count). The molecule has 0 bridgehead atoms. The Balaban J connectivity index is 0.00000196. The number of amides is 1. The minimum absolute atomic E-state index is 0. The van der Waals surface area contributed by atoms with Gasteiger partial charge in [-0.2, -0.15) is 0 Å². The van der Waals surface area contributed by atoms with Gasteiger partial charge in [0, 0.05) is 31.6 Å². The second-order valence-corrected chi connectivity index (χ2v) is 9.21. The van der Waals surface area contributed by atoms with Crippen LogP contribution in [0.5, 0.6) is 0 Å². The van der Waals surface area contributed by atoms with Gasteiger partial charge in [0.1, 0.15) is 0 Å². The second kappa shape index (κ2) is 10.8. The molecule has 0 radical (unpaired) electrons. The number of carbonyl (C=O) groups excluding carboxylic acids is 1. The van der Waals surface area contributed by atoms with E-state index in [1.54, 1.807) is 0 Å². The van der Waals surface area contributed by atoms with Gasteiger partial charge in [-0.25, -0.2) is 0 Å². The molecule has 3 atom stereocenters. The number of nitrogens with two attached hydrogens (primary N) is 1. The highest BCUT2D eigenvalue weighted by atomic mass is 35.5. The third kappa shape index (κ3) is 6.09. The van der Waals surface area contributed by atoms with Crippen LogP contribution in [0.1, 0.15) is 51.2 Å². The van der Waals surface area contributed by atoms with Crippen LogP contribution < -0.4 is 11.1 Å². The first kappa shape index (κ1) is 25.2. The first-order valence-corrected chi connectivity index (χ1v) is 10.2. The van der Waals surface area contributed by atoms with Gasteiger partial charge in [-0.05, 0) is 48.3 Å². The molecule has 1 fully saturated rings. The van der Waals surface area contributed by atoms with Crippen LogP contribution in [0.3, 0.4) is 0 Å². The zero-order chi connectivity index (χ0) is 18.7. The van der Waals surface area contributed by atoms with Gasteiger partial charge in [0.2, 0.25) is 5.91 Å². The number of halogens is 2. The summed E-state index contributed by atoms with van der Waals surface area (Å²) in [5.41, 5.74) is 8.81. The lowest BCUT2D eigenvalue weighted by Crippen LogP contribution is -2.53. The summed E-state index contributed by atoms with van der Waals surface area (Å²) in [5.74, 6) is 0.680. The lowest BCUT2D eigenvalue weighted by atomic mass is 9.84. The van der Waals surface area contributed by atoms with E-state index < -0.39 is 0 Å². The number of hydrogen-bond donors (Lipinski definition) is 2. The summed E-state index contributed by atoms with van der Waals surface area (Å²) in [4.78, 5) is 15.4. The summed E-state index contributed by atoms with van der Waals surface area (Å²) >= 11 is 0. The summed E-state index contributed by atoms with van der Waals surface area (Å²) in [7, 11) is 0. The van der Waals surface area contributed by atoms with Crippen molar-refractivity contribution in [3.8, 4) is 0 Å². The molecule has 1 unspecified atom stereocenters. The minimum atomic E-state index is 0. The Morgan fingerprint density at radius 1 is 1.21 bits per heavy atom. The molecule has 1 aliphatic carbocycles. The second-order valence-electron chi connectivity index (χ2n) is 9.21. The van der Waals surface area contributed by atoms with Crippen molar-refractivity contribution in [2.24, 2.45) is 23.0 Å². The lowest BCUT2D eigenvalue weighted by Gasteiger charge is -2.38. The van der Waals surface area contributed by atoms with Gasteiger partial charge in [0.25, 0.3) is 0 Å². The maximum Gasteiger partial charge on any atom is 0.223 e. The van der Waals surface area contributed by atoms with Gasteiger partial charge < -0.3 is 11.1 Å². The predicted octanol–water partition coefficient (Wildman–Crippen LogP) is 3.79. The first-order chi connectivity index (χ1) is 12.4. The van der Waals surface area contributed by atoms with Gasteiger partial charge in [0.15, 0.2) is 0 Å². The molecular formula is C22H37Cl2N3O. The summed E-state index contributed by atoms with van der Waals surface area (Å²) in [6, 6.07) is 8.87. The normalized spacial score (nSPS) is 23.1. The Labute approximate surface area is 182 Å². The smallest absolute Gasteiger partial charge is 0.223 e. The number of rotatable bonds is 5. The Morgan fingerprint density at radius 2 is 1.89 bits per heavy atom. The number of nitrogens with one attached hydrogen (secondary N) is 1. The van der Waals surface area contributed by atoms with Crippen molar-refractivity contribution >= 4 is 30.7 Å². The summed E-state index contributed by atoms with van der Waals surface area (Å²) in [6.45, 7) is 10.3. The molecule has 0 saturated heterocycles. The van der Waals surface area contributed by atoms with E-state index in [0.717, 1.165) is 45.3 Å². The molecule has 3 N–H and O–H groups in total. The molecule has 1 aromatic carbocycles. The summed E-state index contributed by atoms with van der Waals surface area (Å²) in [6.07, 6.45) is 4.31. The molecule has 28 heavy (non-hydrogen) atoms. The van der Waals surface area contributed by atoms with Gasteiger partial charge in [-0.1, -0.05) is 51.5 Å². The summed E-state index contributed by atoms with van der Waals surface area (Å²) < 4.78 is 0. The molecule has 1 saturated carbocycles. The number of hydrogen-bond acceptors (Lipinski definition) is 3. The van der Waals surface area contributed by atoms with Crippen molar-refractivity contribution in [1.29, 1.82) is 0 Å². The molecule has 160 valence electrons. The van der Waals surface area contributed by atoms with E-state index in [0.29, 0.717) is 12.5 Å². The fourth-order valence-electron chi connectivity index (χ4n) is 4.45. The van der Waals surface area contributed by atoms with Crippen LogP contribution in [0, 0.1) is 17.3 Å². The zero-order valence-electron chi connectivity index (χ0n) is 17.4. The molecule has 0 spiro atoms. The molecule has 0 aromatic heterocycles. The van der Waals surface area contributed by atoms with Crippen LogP contribution in [-0.2, 0) is 17.8 Å². The van der Waals surface area contributed by atoms with Crippen molar-refractivity contribution < 1.29 is 4.79 Å².